The highest BCUT2D eigenvalue weighted by molar-refractivity contribution is 5.80. The SMILES string of the molecule is CCOC(=O)CCNC(=O)CC[C@]1(Cc2ccc(OC)c(OC)c2)CCC(=O)N1. The zero-order chi connectivity index (χ0) is 21.3. The maximum atomic E-state index is 12.2. The maximum absolute atomic E-state index is 12.2. The molecule has 1 aliphatic rings. The fourth-order valence-electron chi connectivity index (χ4n) is 3.54. The summed E-state index contributed by atoms with van der Waals surface area (Å²) in [6.07, 6.45) is 2.62. The summed E-state index contributed by atoms with van der Waals surface area (Å²) in [5.74, 6) is 0.777. The molecule has 2 rings (SSSR count). The standard InChI is InChI=1S/C21H30N2O6/c1-4-29-20(26)9-12-22-18(24)7-10-21(11-8-19(25)23-21)14-15-5-6-16(27-2)17(13-15)28-3/h5-6,13H,4,7-12,14H2,1-3H3,(H,22,24)(H,23,25)/t21-/m1/s1. The van der Waals surface area contributed by atoms with Crippen molar-refractivity contribution in [3.8, 4) is 11.5 Å². The lowest BCUT2D eigenvalue weighted by Gasteiger charge is -2.29. The molecule has 0 unspecified atom stereocenters. The van der Waals surface area contributed by atoms with Gasteiger partial charge in [0, 0.05) is 24.9 Å². The number of carbonyl (C=O) groups excluding carboxylic acids is 3. The van der Waals surface area contributed by atoms with Crippen molar-refractivity contribution in [1.29, 1.82) is 0 Å². The number of carbonyl (C=O) groups is 3. The van der Waals surface area contributed by atoms with E-state index < -0.39 is 5.54 Å². The van der Waals surface area contributed by atoms with Crippen LogP contribution in [0.3, 0.4) is 0 Å². The fraction of sp³-hybridized carbons (Fsp3) is 0.571. The summed E-state index contributed by atoms with van der Waals surface area (Å²) < 4.78 is 15.5. The first kappa shape index (κ1) is 22.5. The Labute approximate surface area is 171 Å². The molecule has 2 N–H and O–H groups in total. The van der Waals surface area contributed by atoms with Gasteiger partial charge in [-0.1, -0.05) is 6.07 Å². The van der Waals surface area contributed by atoms with Gasteiger partial charge in [0.1, 0.15) is 0 Å². The number of nitrogens with one attached hydrogen (secondary N) is 2. The van der Waals surface area contributed by atoms with E-state index in [4.69, 9.17) is 14.2 Å². The van der Waals surface area contributed by atoms with Crippen LogP contribution in [0, 0.1) is 0 Å². The molecule has 1 aliphatic heterocycles. The smallest absolute Gasteiger partial charge is 0.307 e. The molecule has 29 heavy (non-hydrogen) atoms. The van der Waals surface area contributed by atoms with E-state index in [0.717, 1.165) is 5.56 Å². The second-order valence-electron chi connectivity index (χ2n) is 7.10. The van der Waals surface area contributed by atoms with E-state index in [9.17, 15) is 14.4 Å². The van der Waals surface area contributed by atoms with Crippen LogP contribution in [-0.2, 0) is 25.5 Å². The van der Waals surface area contributed by atoms with Gasteiger partial charge < -0.3 is 24.8 Å². The van der Waals surface area contributed by atoms with Crippen LogP contribution in [0.2, 0.25) is 0 Å². The van der Waals surface area contributed by atoms with Crippen LogP contribution in [0.15, 0.2) is 18.2 Å². The molecular weight excluding hydrogens is 376 g/mol. The van der Waals surface area contributed by atoms with Crippen molar-refractivity contribution in [2.75, 3.05) is 27.4 Å². The van der Waals surface area contributed by atoms with Gasteiger partial charge in [0.25, 0.3) is 0 Å². The molecule has 0 bridgehead atoms. The predicted octanol–water partition coefficient (Wildman–Crippen LogP) is 1.74. The van der Waals surface area contributed by atoms with Gasteiger partial charge in [0.15, 0.2) is 11.5 Å². The van der Waals surface area contributed by atoms with E-state index in [2.05, 4.69) is 10.6 Å². The number of ether oxygens (including phenoxy) is 3. The first-order valence-corrected chi connectivity index (χ1v) is 9.85. The Balaban J connectivity index is 1.96. The molecule has 8 nitrogen and oxygen atoms in total. The molecule has 1 heterocycles. The highest BCUT2D eigenvalue weighted by Gasteiger charge is 2.38. The number of benzene rings is 1. The quantitative estimate of drug-likeness (QED) is 0.543. The monoisotopic (exact) mass is 406 g/mol. The number of esters is 1. The summed E-state index contributed by atoms with van der Waals surface area (Å²) >= 11 is 0. The van der Waals surface area contributed by atoms with E-state index in [1.165, 1.54) is 0 Å². The van der Waals surface area contributed by atoms with Crippen LogP contribution in [0.25, 0.3) is 0 Å². The van der Waals surface area contributed by atoms with Gasteiger partial charge in [-0.05, 0) is 43.9 Å². The number of rotatable bonds is 11. The molecule has 1 fully saturated rings. The largest absolute Gasteiger partial charge is 0.493 e. The highest BCUT2D eigenvalue weighted by Crippen LogP contribution is 2.33. The molecule has 1 aromatic rings. The second-order valence-corrected chi connectivity index (χ2v) is 7.10. The minimum Gasteiger partial charge on any atom is -0.493 e. The summed E-state index contributed by atoms with van der Waals surface area (Å²) in [6.45, 7) is 2.31. The first-order chi connectivity index (χ1) is 13.9. The predicted molar refractivity (Wildman–Crippen MR) is 107 cm³/mol. The summed E-state index contributed by atoms with van der Waals surface area (Å²) in [6, 6.07) is 5.66. The van der Waals surface area contributed by atoms with E-state index >= 15 is 0 Å². The molecule has 0 aromatic heterocycles. The summed E-state index contributed by atoms with van der Waals surface area (Å²) in [5, 5.41) is 5.80. The Hall–Kier alpha value is -2.77. The van der Waals surface area contributed by atoms with Gasteiger partial charge in [-0.15, -0.1) is 0 Å². The van der Waals surface area contributed by atoms with E-state index in [1.807, 2.05) is 18.2 Å². The average molecular weight is 406 g/mol. The molecule has 2 amide bonds. The lowest BCUT2D eigenvalue weighted by molar-refractivity contribution is -0.143. The zero-order valence-corrected chi connectivity index (χ0v) is 17.3. The lowest BCUT2D eigenvalue weighted by atomic mass is 9.85. The molecule has 0 radical (unpaired) electrons. The van der Waals surface area contributed by atoms with Crippen molar-refractivity contribution >= 4 is 17.8 Å². The second kappa shape index (κ2) is 10.7. The Kier molecular flexibility index (Phi) is 8.30. The van der Waals surface area contributed by atoms with Crippen LogP contribution in [-0.4, -0.2) is 50.7 Å². The van der Waals surface area contributed by atoms with Crippen molar-refractivity contribution in [2.45, 2.75) is 51.0 Å². The first-order valence-electron chi connectivity index (χ1n) is 9.85. The third-order valence-corrected chi connectivity index (χ3v) is 5.01. The highest BCUT2D eigenvalue weighted by atomic mass is 16.5. The van der Waals surface area contributed by atoms with Gasteiger partial charge in [-0.25, -0.2) is 0 Å². The van der Waals surface area contributed by atoms with Gasteiger partial charge in [0.05, 0.1) is 27.2 Å². The molecule has 0 aliphatic carbocycles. The van der Waals surface area contributed by atoms with Gasteiger partial charge in [0.2, 0.25) is 11.8 Å². The average Bonchev–Trinajstić information content (AvgIpc) is 3.07. The molecule has 8 heteroatoms. The summed E-state index contributed by atoms with van der Waals surface area (Å²) in [5.41, 5.74) is 0.516. The van der Waals surface area contributed by atoms with Crippen LogP contribution in [0.4, 0.5) is 0 Å². The van der Waals surface area contributed by atoms with Crippen molar-refractivity contribution in [1.82, 2.24) is 10.6 Å². The topological polar surface area (TPSA) is 103 Å². The maximum Gasteiger partial charge on any atom is 0.307 e. The van der Waals surface area contributed by atoms with Gasteiger partial charge >= 0.3 is 5.97 Å². The number of amides is 2. The van der Waals surface area contributed by atoms with Crippen molar-refractivity contribution in [3.63, 3.8) is 0 Å². The molecular formula is C21H30N2O6. The van der Waals surface area contributed by atoms with E-state index in [0.29, 0.717) is 43.8 Å². The third kappa shape index (κ3) is 6.66. The van der Waals surface area contributed by atoms with E-state index in [-0.39, 0.29) is 37.2 Å². The lowest BCUT2D eigenvalue weighted by Crippen LogP contribution is -2.44. The van der Waals surface area contributed by atoms with Crippen LogP contribution in [0.5, 0.6) is 11.5 Å². The number of methoxy groups -OCH3 is 2. The Bertz CT molecular complexity index is 736. The van der Waals surface area contributed by atoms with Crippen LogP contribution < -0.4 is 20.1 Å². The number of hydrogen-bond donors (Lipinski definition) is 2. The van der Waals surface area contributed by atoms with E-state index in [1.54, 1.807) is 21.1 Å². The van der Waals surface area contributed by atoms with Crippen molar-refractivity contribution < 1.29 is 28.6 Å². The van der Waals surface area contributed by atoms with Crippen LogP contribution >= 0.6 is 0 Å². The molecule has 160 valence electrons. The normalized spacial score (nSPS) is 18.1. The molecule has 1 atom stereocenters. The minimum atomic E-state index is -0.477. The molecule has 0 spiro atoms. The molecule has 0 saturated carbocycles. The molecule has 1 aromatic carbocycles. The molecule has 1 saturated heterocycles. The summed E-state index contributed by atoms with van der Waals surface area (Å²) in [4.78, 5) is 35.4. The third-order valence-electron chi connectivity index (χ3n) is 5.01. The zero-order valence-electron chi connectivity index (χ0n) is 17.3. The van der Waals surface area contributed by atoms with Gasteiger partial charge in [-0.2, -0.15) is 0 Å². The van der Waals surface area contributed by atoms with Crippen LogP contribution in [0.1, 0.15) is 44.6 Å². The fourth-order valence-corrected chi connectivity index (χ4v) is 3.54. The Morgan fingerprint density at radius 1 is 1.17 bits per heavy atom. The van der Waals surface area contributed by atoms with Crippen molar-refractivity contribution in [2.24, 2.45) is 0 Å². The van der Waals surface area contributed by atoms with Crippen molar-refractivity contribution in [3.05, 3.63) is 23.8 Å². The summed E-state index contributed by atoms with van der Waals surface area (Å²) in [7, 11) is 3.16. The number of hydrogen-bond acceptors (Lipinski definition) is 6. The Morgan fingerprint density at radius 2 is 1.93 bits per heavy atom. The Morgan fingerprint density at radius 3 is 2.55 bits per heavy atom. The van der Waals surface area contributed by atoms with Gasteiger partial charge in [-0.3, -0.25) is 14.4 Å². The minimum absolute atomic E-state index is 0.00630.